The SMILES string of the molecule is COC(=O)CC[C@@H](NC(=O)c1ccnc(F)c1F)C(=O)O. The molecule has 0 radical (unpaired) electrons. The molecule has 9 heteroatoms. The van der Waals surface area contributed by atoms with Crippen molar-refractivity contribution in [1.82, 2.24) is 10.3 Å². The molecule has 0 bridgehead atoms. The van der Waals surface area contributed by atoms with E-state index < -0.39 is 41.2 Å². The maximum absolute atomic E-state index is 13.4. The fraction of sp³-hybridized carbons (Fsp3) is 0.333. The maximum Gasteiger partial charge on any atom is 0.326 e. The molecule has 0 aliphatic heterocycles. The number of hydrogen-bond acceptors (Lipinski definition) is 5. The molecule has 1 aromatic heterocycles. The maximum atomic E-state index is 13.4. The Hall–Kier alpha value is -2.58. The van der Waals surface area contributed by atoms with E-state index in [1.54, 1.807) is 0 Å². The highest BCUT2D eigenvalue weighted by Gasteiger charge is 2.24. The number of pyridine rings is 1. The first-order chi connectivity index (χ1) is 9.86. The number of rotatable bonds is 6. The Morgan fingerprint density at radius 3 is 2.67 bits per heavy atom. The van der Waals surface area contributed by atoms with E-state index in [0.717, 1.165) is 19.4 Å². The molecular weight excluding hydrogens is 290 g/mol. The summed E-state index contributed by atoms with van der Waals surface area (Å²) in [5, 5.41) is 10.9. The highest BCUT2D eigenvalue weighted by Crippen LogP contribution is 2.10. The number of methoxy groups -OCH3 is 1. The van der Waals surface area contributed by atoms with Crippen LogP contribution in [-0.4, -0.2) is 41.1 Å². The van der Waals surface area contributed by atoms with Crippen LogP contribution in [0.1, 0.15) is 23.2 Å². The molecule has 0 aromatic carbocycles. The highest BCUT2D eigenvalue weighted by molar-refractivity contribution is 5.96. The molecule has 1 aromatic rings. The largest absolute Gasteiger partial charge is 0.480 e. The van der Waals surface area contributed by atoms with E-state index in [0.29, 0.717) is 0 Å². The second kappa shape index (κ2) is 7.27. The first-order valence-corrected chi connectivity index (χ1v) is 5.77. The molecule has 0 unspecified atom stereocenters. The van der Waals surface area contributed by atoms with Crippen molar-refractivity contribution >= 4 is 17.8 Å². The summed E-state index contributed by atoms with van der Waals surface area (Å²) in [6.45, 7) is 0. The first kappa shape index (κ1) is 16.5. The van der Waals surface area contributed by atoms with Crippen LogP contribution in [0.15, 0.2) is 12.3 Å². The third-order valence-corrected chi connectivity index (χ3v) is 2.56. The van der Waals surface area contributed by atoms with Crippen LogP contribution in [0.5, 0.6) is 0 Å². The lowest BCUT2D eigenvalue weighted by atomic mass is 10.1. The fourth-order valence-corrected chi connectivity index (χ4v) is 1.45. The zero-order valence-corrected chi connectivity index (χ0v) is 10.9. The van der Waals surface area contributed by atoms with Crippen molar-refractivity contribution in [3.8, 4) is 0 Å². The summed E-state index contributed by atoms with van der Waals surface area (Å²) in [7, 11) is 1.13. The number of nitrogens with zero attached hydrogens (tertiary/aromatic N) is 1. The van der Waals surface area contributed by atoms with Crippen LogP contribution in [0.25, 0.3) is 0 Å². The number of ether oxygens (including phenoxy) is 1. The average molecular weight is 302 g/mol. The van der Waals surface area contributed by atoms with Crippen molar-refractivity contribution in [1.29, 1.82) is 0 Å². The molecule has 1 rings (SSSR count). The Labute approximate surface area is 117 Å². The molecule has 0 fully saturated rings. The van der Waals surface area contributed by atoms with Crippen molar-refractivity contribution in [3.63, 3.8) is 0 Å². The molecule has 0 saturated heterocycles. The number of carboxylic acid groups (broad SMARTS) is 1. The zero-order chi connectivity index (χ0) is 16.0. The first-order valence-electron chi connectivity index (χ1n) is 5.77. The molecule has 1 amide bonds. The summed E-state index contributed by atoms with van der Waals surface area (Å²) < 4.78 is 30.6. The van der Waals surface area contributed by atoms with E-state index in [1.807, 2.05) is 5.32 Å². The van der Waals surface area contributed by atoms with Gasteiger partial charge in [0.25, 0.3) is 5.91 Å². The lowest BCUT2D eigenvalue weighted by molar-refractivity contribution is -0.142. The van der Waals surface area contributed by atoms with Crippen LogP contribution in [0.2, 0.25) is 0 Å². The number of amides is 1. The van der Waals surface area contributed by atoms with Gasteiger partial charge in [0.15, 0.2) is 5.82 Å². The second-order valence-electron chi connectivity index (χ2n) is 3.94. The smallest absolute Gasteiger partial charge is 0.326 e. The molecule has 1 heterocycles. The van der Waals surface area contributed by atoms with Gasteiger partial charge in [-0.15, -0.1) is 0 Å². The van der Waals surface area contributed by atoms with E-state index in [2.05, 4.69) is 9.72 Å². The molecule has 21 heavy (non-hydrogen) atoms. The van der Waals surface area contributed by atoms with Gasteiger partial charge < -0.3 is 15.2 Å². The van der Waals surface area contributed by atoms with E-state index in [-0.39, 0.29) is 12.8 Å². The number of aromatic nitrogens is 1. The summed E-state index contributed by atoms with van der Waals surface area (Å²) in [5.41, 5.74) is -0.674. The van der Waals surface area contributed by atoms with Crippen LogP contribution in [0.3, 0.4) is 0 Å². The number of carbonyl (C=O) groups excluding carboxylic acids is 2. The molecule has 0 aliphatic carbocycles. The summed E-state index contributed by atoms with van der Waals surface area (Å²) >= 11 is 0. The minimum atomic E-state index is -1.48. The van der Waals surface area contributed by atoms with Gasteiger partial charge in [-0.05, 0) is 12.5 Å². The van der Waals surface area contributed by atoms with Crippen molar-refractivity contribution in [2.75, 3.05) is 7.11 Å². The number of halogens is 2. The Bertz CT molecular complexity index is 565. The van der Waals surface area contributed by atoms with Gasteiger partial charge in [-0.1, -0.05) is 0 Å². The third-order valence-electron chi connectivity index (χ3n) is 2.56. The molecular formula is C12H12F2N2O5. The second-order valence-corrected chi connectivity index (χ2v) is 3.94. The minimum Gasteiger partial charge on any atom is -0.480 e. The Morgan fingerprint density at radius 2 is 2.10 bits per heavy atom. The van der Waals surface area contributed by atoms with Gasteiger partial charge in [0, 0.05) is 12.6 Å². The van der Waals surface area contributed by atoms with Gasteiger partial charge in [-0.25, -0.2) is 14.2 Å². The van der Waals surface area contributed by atoms with Gasteiger partial charge in [-0.3, -0.25) is 9.59 Å². The lowest BCUT2D eigenvalue weighted by Gasteiger charge is -2.14. The summed E-state index contributed by atoms with van der Waals surface area (Å²) in [5.74, 6) is -6.14. The van der Waals surface area contributed by atoms with Crippen molar-refractivity contribution < 1.29 is 33.0 Å². The Morgan fingerprint density at radius 1 is 1.43 bits per heavy atom. The molecule has 114 valence electrons. The zero-order valence-electron chi connectivity index (χ0n) is 10.9. The number of hydrogen-bond donors (Lipinski definition) is 2. The molecule has 2 N–H and O–H groups in total. The number of carboxylic acids is 1. The van der Waals surface area contributed by atoms with Gasteiger partial charge in [0.05, 0.1) is 12.7 Å². The monoisotopic (exact) mass is 302 g/mol. The third kappa shape index (κ3) is 4.48. The lowest BCUT2D eigenvalue weighted by Crippen LogP contribution is -2.41. The quantitative estimate of drug-likeness (QED) is 0.585. The van der Waals surface area contributed by atoms with Gasteiger partial charge in [0.1, 0.15) is 6.04 Å². The predicted octanol–water partition coefficient (Wildman–Crippen LogP) is 0.496. The molecule has 0 spiro atoms. The number of nitrogens with one attached hydrogen (secondary N) is 1. The van der Waals surface area contributed by atoms with E-state index in [1.165, 1.54) is 0 Å². The normalized spacial score (nSPS) is 11.6. The Balaban J connectivity index is 2.79. The number of aliphatic carboxylic acids is 1. The van der Waals surface area contributed by atoms with Gasteiger partial charge in [-0.2, -0.15) is 4.39 Å². The molecule has 1 atom stereocenters. The molecule has 0 saturated carbocycles. The predicted molar refractivity (Wildman–Crippen MR) is 64.3 cm³/mol. The standard InChI is InChI=1S/C12H12F2N2O5/c1-21-8(17)3-2-7(12(19)20)16-11(18)6-4-5-15-10(14)9(6)13/h4-5,7H,2-3H2,1H3,(H,16,18)(H,19,20)/t7-/m1/s1. The minimum absolute atomic E-state index is 0.247. The van der Waals surface area contributed by atoms with Gasteiger partial charge in [0.2, 0.25) is 5.95 Å². The fourth-order valence-electron chi connectivity index (χ4n) is 1.45. The van der Waals surface area contributed by atoms with Crippen molar-refractivity contribution in [2.45, 2.75) is 18.9 Å². The highest BCUT2D eigenvalue weighted by atomic mass is 19.2. The van der Waals surface area contributed by atoms with Crippen LogP contribution >= 0.6 is 0 Å². The molecule has 7 nitrogen and oxygen atoms in total. The van der Waals surface area contributed by atoms with Crippen LogP contribution < -0.4 is 5.32 Å². The van der Waals surface area contributed by atoms with Crippen LogP contribution in [0.4, 0.5) is 8.78 Å². The average Bonchev–Trinajstić information content (AvgIpc) is 2.45. The topological polar surface area (TPSA) is 106 Å². The van der Waals surface area contributed by atoms with Crippen molar-refractivity contribution in [2.24, 2.45) is 0 Å². The Kier molecular flexibility index (Phi) is 5.70. The number of esters is 1. The molecule has 0 aliphatic rings. The van der Waals surface area contributed by atoms with Gasteiger partial charge >= 0.3 is 11.9 Å². The van der Waals surface area contributed by atoms with Crippen molar-refractivity contribution in [3.05, 3.63) is 29.6 Å². The van der Waals surface area contributed by atoms with Crippen LogP contribution in [-0.2, 0) is 14.3 Å². The summed E-state index contributed by atoms with van der Waals surface area (Å²) in [4.78, 5) is 36.6. The summed E-state index contributed by atoms with van der Waals surface area (Å²) in [6.07, 6.45) is 0.376. The van der Waals surface area contributed by atoms with E-state index in [9.17, 15) is 23.2 Å². The van der Waals surface area contributed by atoms with E-state index >= 15 is 0 Å². The summed E-state index contributed by atoms with van der Waals surface area (Å²) in [6, 6.07) is -0.528. The van der Waals surface area contributed by atoms with Crippen LogP contribution in [0, 0.1) is 11.8 Å². The van der Waals surface area contributed by atoms with E-state index in [4.69, 9.17) is 5.11 Å². The number of carbonyl (C=O) groups is 3.